The molecule has 2 heterocycles. The predicted octanol–water partition coefficient (Wildman–Crippen LogP) is 5.47. The van der Waals surface area contributed by atoms with Gasteiger partial charge in [-0.25, -0.2) is 4.98 Å². The lowest BCUT2D eigenvalue weighted by Crippen LogP contribution is -2.29. The fourth-order valence-corrected chi connectivity index (χ4v) is 4.54. The molecule has 1 aromatic heterocycles. The van der Waals surface area contributed by atoms with Crippen molar-refractivity contribution in [1.82, 2.24) is 4.98 Å². The van der Waals surface area contributed by atoms with Crippen molar-refractivity contribution in [1.29, 1.82) is 0 Å². The fraction of sp³-hybridized carbons (Fsp3) is 0.111. The molecule has 0 bridgehead atoms. The monoisotopic (exact) mass is 392 g/mol. The average Bonchev–Trinajstić information content (AvgIpc) is 3.05. The Balaban J connectivity index is 1.76. The lowest BCUT2D eigenvalue weighted by molar-refractivity contribution is -0.137. The number of hydrogen-bond donors (Lipinski definition) is 0. The standard InChI is InChI=1S/C18H11F3N2OS2/c19-18(20,21)17-22-9-11(25-17)10-23-13-6-2-4-8-15(13)26-14-7-3-1-5-12(14)16(23)24/h1-9H,10H2. The summed E-state index contributed by atoms with van der Waals surface area (Å²) in [5.74, 6) is -0.236. The van der Waals surface area contributed by atoms with Crippen LogP contribution in [0.3, 0.4) is 0 Å². The molecule has 0 atom stereocenters. The van der Waals surface area contributed by atoms with Crippen molar-refractivity contribution in [2.45, 2.75) is 22.5 Å². The number of halogens is 3. The summed E-state index contributed by atoms with van der Waals surface area (Å²) in [4.78, 5) is 20.1. The molecule has 0 N–H and O–H groups in total. The van der Waals surface area contributed by atoms with E-state index in [0.29, 0.717) is 27.5 Å². The Morgan fingerprint density at radius 3 is 2.42 bits per heavy atom. The third-order valence-corrected chi connectivity index (χ3v) is 6.02. The van der Waals surface area contributed by atoms with Gasteiger partial charge in [0.2, 0.25) is 0 Å². The fourth-order valence-electron chi connectivity index (χ4n) is 2.70. The molecule has 1 amide bonds. The van der Waals surface area contributed by atoms with Crippen LogP contribution in [0.5, 0.6) is 0 Å². The van der Waals surface area contributed by atoms with Gasteiger partial charge in [0.05, 0.1) is 17.8 Å². The quantitative estimate of drug-likeness (QED) is 0.580. The summed E-state index contributed by atoms with van der Waals surface area (Å²) in [5, 5.41) is -0.905. The molecule has 8 heteroatoms. The van der Waals surface area contributed by atoms with Gasteiger partial charge in [-0.2, -0.15) is 13.2 Å². The number of para-hydroxylation sites is 1. The molecule has 0 unspecified atom stereocenters. The molecule has 0 spiro atoms. The highest BCUT2D eigenvalue weighted by atomic mass is 32.2. The summed E-state index contributed by atoms with van der Waals surface area (Å²) in [7, 11) is 0. The molecule has 132 valence electrons. The third kappa shape index (κ3) is 3.10. The molecule has 2 aromatic carbocycles. The number of thiazole rings is 1. The highest BCUT2D eigenvalue weighted by Crippen LogP contribution is 2.42. The Bertz CT molecular complexity index is 984. The van der Waals surface area contributed by atoms with Gasteiger partial charge >= 0.3 is 6.18 Å². The highest BCUT2D eigenvalue weighted by Gasteiger charge is 2.35. The molecule has 3 aromatic rings. The number of rotatable bonds is 2. The molecule has 0 radical (unpaired) electrons. The van der Waals surface area contributed by atoms with Crippen molar-refractivity contribution >= 4 is 34.7 Å². The summed E-state index contributed by atoms with van der Waals surface area (Å²) in [6, 6.07) is 14.6. The summed E-state index contributed by atoms with van der Waals surface area (Å²) in [5.41, 5.74) is 1.22. The van der Waals surface area contributed by atoms with Gasteiger partial charge in [0.25, 0.3) is 5.91 Å². The number of carbonyl (C=O) groups is 1. The van der Waals surface area contributed by atoms with E-state index in [4.69, 9.17) is 0 Å². The number of amides is 1. The van der Waals surface area contributed by atoms with Gasteiger partial charge < -0.3 is 4.90 Å². The van der Waals surface area contributed by atoms with Gasteiger partial charge in [-0.1, -0.05) is 36.0 Å². The number of anilines is 1. The molecule has 0 aliphatic carbocycles. The lowest BCUT2D eigenvalue weighted by Gasteiger charge is -2.22. The van der Waals surface area contributed by atoms with E-state index in [0.717, 1.165) is 9.79 Å². The number of aromatic nitrogens is 1. The smallest absolute Gasteiger partial charge is 0.302 e. The second-order valence-electron chi connectivity index (χ2n) is 5.59. The Morgan fingerprint density at radius 2 is 1.69 bits per heavy atom. The normalized spacial score (nSPS) is 14.0. The highest BCUT2D eigenvalue weighted by molar-refractivity contribution is 7.99. The van der Waals surface area contributed by atoms with Crippen LogP contribution < -0.4 is 4.90 Å². The van der Waals surface area contributed by atoms with E-state index in [9.17, 15) is 18.0 Å². The van der Waals surface area contributed by atoms with Gasteiger partial charge in [0.15, 0.2) is 5.01 Å². The Morgan fingerprint density at radius 1 is 1.00 bits per heavy atom. The maximum absolute atomic E-state index is 13.1. The Labute approximate surface area is 155 Å². The zero-order valence-electron chi connectivity index (χ0n) is 13.2. The molecule has 1 aliphatic rings. The zero-order chi connectivity index (χ0) is 18.3. The second kappa shape index (κ2) is 6.44. The van der Waals surface area contributed by atoms with Crippen molar-refractivity contribution in [2.75, 3.05) is 4.90 Å². The first-order chi connectivity index (χ1) is 12.4. The molecule has 0 saturated carbocycles. The summed E-state index contributed by atoms with van der Waals surface area (Å²) < 4.78 is 38.5. The molecular formula is C18H11F3N2OS2. The molecule has 1 aliphatic heterocycles. The van der Waals surface area contributed by atoms with Crippen LogP contribution in [-0.4, -0.2) is 10.9 Å². The van der Waals surface area contributed by atoms with E-state index < -0.39 is 11.2 Å². The first-order valence-electron chi connectivity index (χ1n) is 7.63. The van der Waals surface area contributed by atoms with E-state index in [1.807, 2.05) is 30.3 Å². The number of nitrogens with zero attached hydrogens (tertiary/aromatic N) is 2. The number of benzene rings is 2. The van der Waals surface area contributed by atoms with E-state index in [2.05, 4.69) is 4.98 Å². The Hall–Kier alpha value is -2.32. The largest absolute Gasteiger partial charge is 0.443 e. The zero-order valence-corrected chi connectivity index (χ0v) is 14.8. The second-order valence-corrected chi connectivity index (χ2v) is 7.79. The maximum atomic E-state index is 13.1. The first kappa shape index (κ1) is 17.1. The van der Waals surface area contributed by atoms with Crippen LogP contribution in [0.25, 0.3) is 0 Å². The molecule has 0 fully saturated rings. The van der Waals surface area contributed by atoms with Crippen molar-refractivity contribution in [2.24, 2.45) is 0 Å². The van der Waals surface area contributed by atoms with Gasteiger partial charge in [-0.05, 0) is 24.3 Å². The number of hydrogen-bond acceptors (Lipinski definition) is 4. The average molecular weight is 392 g/mol. The minimum Gasteiger partial charge on any atom is -0.302 e. The van der Waals surface area contributed by atoms with Crippen LogP contribution in [-0.2, 0) is 12.7 Å². The van der Waals surface area contributed by atoms with Crippen LogP contribution in [0, 0.1) is 0 Å². The topological polar surface area (TPSA) is 33.2 Å². The lowest BCUT2D eigenvalue weighted by atomic mass is 10.1. The summed E-state index contributed by atoms with van der Waals surface area (Å²) in [6.45, 7) is 0.0402. The SMILES string of the molecule is O=C1c2ccccc2Sc2ccccc2N1Cc1cnc(C(F)(F)F)s1. The molecule has 0 saturated heterocycles. The molecule has 26 heavy (non-hydrogen) atoms. The first-order valence-corrected chi connectivity index (χ1v) is 9.26. The minimum absolute atomic E-state index is 0.0402. The summed E-state index contributed by atoms with van der Waals surface area (Å²) >= 11 is 2.04. The van der Waals surface area contributed by atoms with E-state index in [1.165, 1.54) is 22.9 Å². The van der Waals surface area contributed by atoms with E-state index >= 15 is 0 Å². The maximum Gasteiger partial charge on any atom is 0.443 e. The van der Waals surface area contributed by atoms with Gasteiger partial charge in [-0.15, -0.1) is 11.3 Å². The van der Waals surface area contributed by atoms with Gasteiger partial charge in [-0.3, -0.25) is 4.79 Å². The van der Waals surface area contributed by atoms with E-state index in [-0.39, 0.29) is 12.5 Å². The minimum atomic E-state index is -4.48. The van der Waals surface area contributed by atoms with Crippen LogP contribution in [0.1, 0.15) is 20.2 Å². The van der Waals surface area contributed by atoms with Crippen molar-refractivity contribution in [3.63, 3.8) is 0 Å². The number of carbonyl (C=O) groups excluding carboxylic acids is 1. The van der Waals surface area contributed by atoms with Crippen LogP contribution in [0.15, 0.2) is 64.5 Å². The van der Waals surface area contributed by atoms with Gasteiger partial charge in [0, 0.05) is 20.9 Å². The molecule has 3 nitrogen and oxygen atoms in total. The van der Waals surface area contributed by atoms with E-state index in [1.54, 1.807) is 18.2 Å². The summed E-state index contributed by atoms with van der Waals surface area (Å²) in [6.07, 6.45) is -3.29. The van der Waals surface area contributed by atoms with Gasteiger partial charge in [0.1, 0.15) is 0 Å². The Kier molecular flexibility index (Phi) is 4.24. The molecular weight excluding hydrogens is 381 g/mol. The van der Waals surface area contributed by atoms with Crippen LogP contribution >= 0.6 is 23.1 Å². The molecule has 4 rings (SSSR count). The van der Waals surface area contributed by atoms with Crippen molar-refractivity contribution in [3.8, 4) is 0 Å². The number of alkyl halides is 3. The number of fused-ring (bicyclic) bond motifs is 2. The third-order valence-electron chi connectivity index (χ3n) is 3.85. The van der Waals surface area contributed by atoms with Crippen molar-refractivity contribution < 1.29 is 18.0 Å². The predicted molar refractivity (Wildman–Crippen MR) is 94.6 cm³/mol. The van der Waals surface area contributed by atoms with Crippen molar-refractivity contribution in [3.05, 3.63) is 70.2 Å². The van der Waals surface area contributed by atoms with Crippen LogP contribution in [0.2, 0.25) is 0 Å². The van der Waals surface area contributed by atoms with Crippen LogP contribution in [0.4, 0.5) is 18.9 Å².